The second-order valence-corrected chi connectivity index (χ2v) is 8.64. The first-order chi connectivity index (χ1) is 15.1. The van der Waals surface area contributed by atoms with Crippen molar-refractivity contribution in [2.24, 2.45) is 11.1 Å². The maximum absolute atomic E-state index is 13.1. The Kier molecular flexibility index (Phi) is 8.32. The third-order valence-corrected chi connectivity index (χ3v) is 4.98. The van der Waals surface area contributed by atoms with Crippen molar-refractivity contribution in [2.45, 2.75) is 58.7 Å². The summed E-state index contributed by atoms with van der Waals surface area (Å²) < 4.78 is 1.73. The molecule has 2 unspecified atom stereocenters. The van der Waals surface area contributed by atoms with E-state index in [2.05, 4.69) is 21.8 Å². The van der Waals surface area contributed by atoms with Crippen molar-refractivity contribution in [1.82, 2.24) is 20.4 Å². The van der Waals surface area contributed by atoms with Crippen molar-refractivity contribution >= 4 is 28.6 Å². The van der Waals surface area contributed by atoms with Crippen molar-refractivity contribution in [2.75, 3.05) is 6.54 Å². The van der Waals surface area contributed by atoms with Crippen molar-refractivity contribution in [3.8, 4) is 6.07 Å². The predicted molar refractivity (Wildman–Crippen MR) is 118 cm³/mol. The minimum Gasteiger partial charge on any atom is -0.381 e. The van der Waals surface area contributed by atoms with E-state index < -0.39 is 35.3 Å². The van der Waals surface area contributed by atoms with E-state index in [-0.39, 0.29) is 12.2 Å². The fourth-order valence-corrected chi connectivity index (χ4v) is 3.21. The number of nitrogens with one attached hydrogen (secondary N) is 2. The van der Waals surface area contributed by atoms with Crippen molar-refractivity contribution in [3.63, 3.8) is 0 Å². The van der Waals surface area contributed by atoms with Crippen LogP contribution in [0.5, 0.6) is 0 Å². The lowest BCUT2D eigenvalue weighted by Crippen LogP contribution is -2.55. The molecule has 1 heterocycles. The number of aliphatic hydroxyl groups is 1. The molecule has 0 aliphatic heterocycles. The highest BCUT2D eigenvalue weighted by Gasteiger charge is 2.34. The number of primary amides is 1. The van der Waals surface area contributed by atoms with Gasteiger partial charge in [-0.3, -0.25) is 19.1 Å². The molecular weight excluding hydrogens is 412 g/mol. The van der Waals surface area contributed by atoms with Gasteiger partial charge in [0.15, 0.2) is 5.69 Å². The number of carbonyl (C=O) groups excluding carboxylic acids is 3. The molecule has 32 heavy (non-hydrogen) atoms. The van der Waals surface area contributed by atoms with Crippen molar-refractivity contribution < 1.29 is 19.5 Å². The number of aromatic nitrogens is 2. The van der Waals surface area contributed by atoms with Gasteiger partial charge >= 0.3 is 0 Å². The number of benzene rings is 1. The van der Waals surface area contributed by atoms with E-state index in [1.165, 1.54) is 0 Å². The molecule has 1 aromatic heterocycles. The summed E-state index contributed by atoms with van der Waals surface area (Å²) in [6, 6.07) is 8.48. The fourth-order valence-electron chi connectivity index (χ4n) is 3.21. The minimum absolute atomic E-state index is 0.195. The molecule has 0 aliphatic rings. The molecule has 2 rings (SSSR count). The number of carbonyl (C=O) groups is 3. The normalized spacial score (nSPS) is 13.2. The van der Waals surface area contributed by atoms with Crippen LogP contribution in [-0.4, -0.2) is 51.3 Å². The number of hydrogen-bond donors (Lipinski definition) is 4. The number of aryl methyl sites for hydroxylation is 1. The number of rotatable bonds is 10. The molecule has 0 saturated carbocycles. The van der Waals surface area contributed by atoms with Crippen molar-refractivity contribution in [3.05, 3.63) is 30.0 Å². The van der Waals surface area contributed by atoms with E-state index in [9.17, 15) is 19.5 Å². The Bertz CT molecular complexity index is 1020. The molecule has 2 aromatic rings. The summed E-state index contributed by atoms with van der Waals surface area (Å²) in [4.78, 5) is 36.8. The predicted octanol–water partition coefficient (Wildman–Crippen LogP) is 0.837. The third kappa shape index (κ3) is 6.28. The average molecular weight is 443 g/mol. The maximum Gasteiger partial charge on any atom is 0.273 e. The second kappa shape index (κ2) is 10.7. The van der Waals surface area contributed by atoms with Gasteiger partial charge < -0.3 is 21.5 Å². The SMILES string of the molecule is CC(C)(C)C(NC(=O)c1nn(CCCCC#N)c2ccccc12)C(=O)NCC(O)C(N)=O. The molecule has 0 radical (unpaired) electrons. The molecule has 3 amide bonds. The molecule has 10 heteroatoms. The summed E-state index contributed by atoms with van der Waals surface area (Å²) in [5.41, 5.74) is 5.33. The number of nitrogens with two attached hydrogens (primary N) is 1. The van der Waals surface area contributed by atoms with Crippen LogP contribution < -0.4 is 16.4 Å². The summed E-state index contributed by atoms with van der Waals surface area (Å²) in [5.74, 6) is -2.01. The van der Waals surface area contributed by atoms with Crippen LogP contribution in [-0.2, 0) is 16.1 Å². The largest absolute Gasteiger partial charge is 0.381 e. The van der Waals surface area contributed by atoms with Crippen LogP contribution in [0.15, 0.2) is 24.3 Å². The zero-order valence-corrected chi connectivity index (χ0v) is 18.6. The smallest absolute Gasteiger partial charge is 0.273 e. The fraction of sp³-hybridized carbons (Fsp3) is 0.500. The summed E-state index contributed by atoms with van der Waals surface area (Å²) in [7, 11) is 0. The van der Waals surface area contributed by atoms with Crippen molar-refractivity contribution in [1.29, 1.82) is 5.26 Å². The number of amides is 3. The summed E-state index contributed by atoms with van der Waals surface area (Å²) in [6.07, 6.45) is 0.417. The maximum atomic E-state index is 13.1. The zero-order valence-electron chi connectivity index (χ0n) is 18.6. The van der Waals surface area contributed by atoms with Gasteiger partial charge in [0, 0.05) is 18.4 Å². The Morgan fingerprint density at radius 2 is 1.94 bits per heavy atom. The van der Waals surface area contributed by atoms with E-state index in [1.807, 2.05) is 12.1 Å². The van der Waals surface area contributed by atoms with Crippen LogP contribution in [0.3, 0.4) is 0 Å². The summed E-state index contributed by atoms with van der Waals surface area (Å²) >= 11 is 0. The lowest BCUT2D eigenvalue weighted by Gasteiger charge is -2.30. The van der Waals surface area contributed by atoms with Crippen LogP contribution in [0.1, 0.15) is 50.5 Å². The molecule has 172 valence electrons. The Labute approximate surface area is 186 Å². The quantitative estimate of drug-likeness (QED) is 0.398. The van der Waals surface area contributed by atoms with Crippen LogP contribution in [0.2, 0.25) is 0 Å². The Hall–Kier alpha value is -3.45. The van der Waals surface area contributed by atoms with E-state index in [0.29, 0.717) is 18.4 Å². The highest BCUT2D eigenvalue weighted by Crippen LogP contribution is 2.23. The zero-order chi connectivity index (χ0) is 23.9. The van der Waals surface area contributed by atoms with Gasteiger partial charge in [0.25, 0.3) is 5.91 Å². The van der Waals surface area contributed by atoms with E-state index in [0.717, 1.165) is 18.4 Å². The highest BCUT2D eigenvalue weighted by atomic mass is 16.3. The monoisotopic (exact) mass is 442 g/mol. The summed E-state index contributed by atoms with van der Waals surface area (Å²) in [5, 5.41) is 28.6. The molecule has 0 bridgehead atoms. The van der Waals surface area contributed by atoms with Gasteiger partial charge in [-0.2, -0.15) is 10.4 Å². The Morgan fingerprint density at radius 3 is 2.56 bits per heavy atom. The van der Waals surface area contributed by atoms with Gasteiger partial charge in [0.05, 0.1) is 18.1 Å². The van der Waals surface area contributed by atoms with E-state index in [4.69, 9.17) is 11.0 Å². The standard InChI is InChI=1S/C22H30N6O4/c1-22(2,3)18(21(32)25-13-16(29)19(24)30)26-20(31)17-14-9-5-6-10-15(14)28(27-17)12-8-4-7-11-23/h5-6,9-10,16,18,29H,4,7-8,12-13H2,1-3H3,(H2,24,30)(H,25,32)(H,26,31). The van der Waals surface area contributed by atoms with Crippen LogP contribution in [0.4, 0.5) is 0 Å². The third-order valence-electron chi connectivity index (χ3n) is 4.98. The van der Waals surface area contributed by atoms with Gasteiger partial charge in [-0.1, -0.05) is 39.0 Å². The Morgan fingerprint density at radius 1 is 1.25 bits per heavy atom. The number of nitrogens with zero attached hydrogens (tertiary/aromatic N) is 3. The van der Waals surface area contributed by atoms with Gasteiger partial charge in [-0.15, -0.1) is 0 Å². The molecule has 0 spiro atoms. The van der Waals surface area contributed by atoms with E-state index in [1.54, 1.807) is 37.6 Å². The van der Waals surface area contributed by atoms with Gasteiger partial charge in [0.2, 0.25) is 11.8 Å². The Balaban J connectivity index is 2.23. The number of unbranched alkanes of at least 4 members (excludes halogenated alkanes) is 2. The molecular formula is C22H30N6O4. The van der Waals surface area contributed by atoms with E-state index >= 15 is 0 Å². The molecule has 0 aliphatic carbocycles. The van der Waals surface area contributed by atoms with Gasteiger partial charge in [0.1, 0.15) is 12.1 Å². The molecule has 5 N–H and O–H groups in total. The van der Waals surface area contributed by atoms with Crippen LogP contribution >= 0.6 is 0 Å². The number of aliphatic hydroxyl groups excluding tert-OH is 1. The number of fused-ring (bicyclic) bond motifs is 1. The lowest BCUT2D eigenvalue weighted by atomic mass is 9.86. The number of hydrogen-bond acceptors (Lipinski definition) is 6. The van der Waals surface area contributed by atoms with Crippen LogP contribution in [0.25, 0.3) is 10.9 Å². The van der Waals surface area contributed by atoms with Gasteiger partial charge in [-0.25, -0.2) is 0 Å². The molecule has 2 atom stereocenters. The summed E-state index contributed by atoms with van der Waals surface area (Å²) in [6.45, 7) is 5.57. The topological polar surface area (TPSA) is 163 Å². The highest BCUT2D eigenvalue weighted by molar-refractivity contribution is 6.06. The second-order valence-electron chi connectivity index (χ2n) is 8.64. The molecule has 10 nitrogen and oxygen atoms in total. The first-order valence-electron chi connectivity index (χ1n) is 10.4. The van der Waals surface area contributed by atoms with Crippen LogP contribution in [0, 0.1) is 16.7 Å². The average Bonchev–Trinajstić information content (AvgIpc) is 3.11. The first kappa shape index (κ1) is 24.8. The number of para-hydroxylation sites is 1. The first-order valence-corrected chi connectivity index (χ1v) is 10.4. The van der Waals surface area contributed by atoms with Gasteiger partial charge in [-0.05, 0) is 24.3 Å². The minimum atomic E-state index is -1.52. The number of nitriles is 1. The molecule has 0 fully saturated rings. The lowest BCUT2D eigenvalue weighted by molar-refractivity contribution is -0.128. The molecule has 0 saturated heterocycles. The molecule has 1 aromatic carbocycles.